The molecule has 0 aromatic rings. The van der Waals surface area contributed by atoms with Gasteiger partial charge in [0.25, 0.3) is 0 Å². The molecule has 0 radical (unpaired) electrons. The van der Waals surface area contributed by atoms with Crippen LogP contribution in [0, 0.1) is 11.8 Å². The number of nitrogens with one attached hydrogen (secondary N) is 1. The highest BCUT2D eigenvalue weighted by molar-refractivity contribution is 5.72. The molecule has 1 N–H and O–H groups in total. The van der Waals surface area contributed by atoms with Crippen LogP contribution in [0.3, 0.4) is 0 Å². The van der Waals surface area contributed by atoms with Crippen LogP contribution in [0.15, 0.2) is 0 Å². The molecule has 2 fully saturated rings. The Balaban J connectivity index is 1.72. The number of carbonyl (C=O) groups is 1. The van der Waals surface area contributed by atoms with Gasteiger partial charge in [-0.15, -0.1) is 0 Å². The van der Waals surface area contributed by atoms with Gasteiger partial charge in [0.1, 0.15) is 0 Å². The molecule has 1 saturated heterocycles. The summed E-state index contributed by atoms with van der Waals surface area (Å²) in [6, 6.07) is 1.14. The van der Waals surface area contributed by atoms with E-state index in [9.17, 15) is 4.79 Å². The van der Waals surface area contributed by atoms with Crippen molar-refractivity contribution in [3.8, 4) is 0 Å². The van der Waals surface area contributed by atoms with Crippen molar-refractivity contribution >= 4 is 5.97 Å². The summed E-state index contributed by atoms with van der Waals surface area (Å²) in [4.78, 5) is 11.8. The molecule has 0 aromatic carbocycles. The fourth-order valence-corrected chi connectivity index (χ4v) is 3.53. The first kappa shape index (κ1) is 16.8. The van der Waals surface area contributed by atoms with Gasteiger partial charge >= 0.3 is 5.97 Å². The molecule has 122 valence electrons. The van der Waals surface area contributed by atoms with Gasteiger partial charge in [-0.2, -0.15) is 0 Å². The van der Waals surface area contributed by atoms with Crippen LogP contribution in [0.2, 0.25) is 0 Å². The molecule has 1 aliphatic heterocycles. The predicted molar refractivity (Wildman–Crippen MR) is 83.1 cm³/mol. The smallest absolute Gasteiger partial charge is 0.308 e. The van der Waals surface area contributed by atoms with Crippen LogP contribution in [-0.2, 0) is 14.3 Å². The zero-order valence-electron chi connectivity index (χ0n) is 13.8. The first-order valence-corrected chi connectivity index (χ1v) is 8.64. The molecule has 2 unspecified atom stereocenters. The normalized spacial score (nSPS) is 33.9. The number of ether oxygens (including phenoxy) is 2. The lowest BCUT2D eigenvalue weighted by Gasteiger charge is -2.36. The third-order valence-electron chi connectivity index (χ3n) is 4.88. The summed E-state index contributed by atoms with van der Waals surface area (Å²) in [6.07, 6.45) is 6.74. The summed E-state index contributed by atoms with van der Waals surface area (Å²) in [7, 11) is 0. The van der Waals surface area contributed by atoms with Crippen LogP contribution in [0.4, 0.5) is 0 Å². The molecular weight excluding hydrogens is 266 g/mol. The summed E-state index contributed by atoms with van der Waals surface area (Å²) in [5, 5.41) is 3.80. The molecule has 1 heterocycles. The van der Waals surface area contributed by atoms with Crippen molar-refractivity contribution in [2.75, 3.05) is 13.2 Å². The topological polar surface area (TPSA) is 47.6 Å². The van der Waals surface area contributed by atoms with E-state index in [2.05, 4.69) is 19.2 Å². The number of hydrogen-bond acceptors (Lipinski definition) is 4. The molecular formula is C17H31NO3. The van der Waals surface area contributed by atoms with Gasteiger partial charge in [0.15, 0.2) is 0 Å². The fourth-order valence-electron chi connectivity index (χ4n) is 3.53. The van der Waals surface area contributed by atoms with Crippen LogP contribution >= 0.6 is 0 Å². The highest BCUT2D eigenvalue weighted by Crippen LogP contribution is 2.27. The molecule has 0 amide bonds. The lowest BCUT2D eigenvalue weighted by Crippen LogP contribution is -2.46. The van der Waals surface area contributed by atoms with Crippen LogP contribution in [0.5, 0.6) is 0 Å². The van der Waals surface area contributed by atoms with Crippen molar-refractivity contribution in [1.82, 2.24) is 5.32 Å². The number of esters is 1. The Labute approximate surface area is 129 Å². The van der Waals surface area contributed by atoms with Crippen molar-refractivity contribution in [2.24, 2.45) is 11.8 Å². The molecule has 2 rings (SSSR count). The Morgan fingerprint density at radius 3 is 2.52 bits per heavy atom. The van der Waals surface area contributed by atoms with Crippen molar-refractivity contribution in [3.05, 3.63) is 0 Å². The summed E-state index contributed by atoms with van der Waals surface area (Å²) in [6.45, 7) is 7.71. The van der Waals surface area contributed by atoms with E-state index < -0.39 is 0 Å². The van der Waals surface area contributed by atoms with Crippen molar-refractivity contribution in [3.63, 3.8) is 0 Å². The van der Waals surface area contributed by atoms with E-state index in [0.29, 0.717) is 30.7 Å². The van der Waals surface area contributed by atoms with Crippen molar-refractivity contribution < 1.29 is 14.3 Å². The van der Waals surface area contributed by atoms with Gasteiger partial charge in [-0.25, -0.2) is 0 Å². The van der Waals surface area contributed by atoms with Crippen LogP contribution in [0.1, 0.15) is 59.3 Å². The molecule has 21 heavy (non-hydrogen) atoms. The van der Waals surface area contributed by atoms with E-state index >= 15 is 0 Å². The van der Waals surface area contributed by atoms with Gasteiger partial charge in [0.05, 0.1) is 18.6 Å². The molecule has 0 bridgehead atoms. The maximum atomic E-state index is 11.8. The zero-order chi connectivity index (χ0) is 15.2. The molecule has 2 aliphatic rings. The predicted octanol–water partition coefficient (Wildman–Crippen LogP) is 2.90. The summed E-state index contributed by atoms with van der Waals surface area (Å²) < 4.78 is 11.0. The van der Waals surface area contributed by atoms with Crippen LogP contribution in [-0.4, -0.2) is 37.4 Å². The third kappa shape index (κ3) is 4.96. The van der Waals surface area contributed by atoms with Gasteiger partial charge in [0.2, 0.25) is 0 Å². The van der Waals surface area contributed by atoms with E-state index in [-0.39, 0.29) is 11.9 Å². The molecule has 1 saturated carbocycles. The minimum Gasteiger partial charge on any atom is -0.466 e. The van der Waals surface area contributed by atoms with Gasteiger partial charge in [-0.3, -0.25) is 4.79 Å². The van der Waals surface area contributed by atoms with Crippen LogP contribution in [0.25, 0.3) is 0 Å². The monoisotopic (exact) mass is 297 g/mol. The first-order chi connectivity index (χ1) is 10.1. The summed E-state index contributed by atoms with van der Waals surface area (Å²) >= 11 is 0. The van der Waals surface area contributed by atoms with E-state index in [4.69, 9.17) is 9.47 Å². The largest absolute Gasteiger partial charge is 0.466 e. The van der Waals surface area contributed by atoms with Gasteiger partial charge in [-0.1, -0.05) is 13.8 Å². The van der Waals surface area contributed by atoms with E-state index in [0.717, 1.165) is 45.1 Å². The lowest BCUT2D eigenvalue weighted by atomic mass is 9.85. The second kappa shape index (κ2) is 8.14. The Morgan fingerprint density at radius 2 is 1.90 bits per heavy atom. The highest BCUT2D eigenvalue weighted by atomic mass is 16.5. The number of hydrogen-bond donors (Lipinski definition) is 1. The second-order valence-electron chi connectivity index (χ2n) is 6.84. The first-order valence-electron chi connectivity index (χ1n) is 8.64. The Kier molecular flexibility index (Phi) is 6.49. The molecule has 4 heteroatoms. The Bertz CT molecular complexity index is 324. The summed E-state index contributed by atoms with van der Waals surface area (Å²) in [5.74, 6) is 0.720. The SMILES string of the molecule is CCOC(=O)C1CCC(NC2CCOC(C(C)C)C2)CC1. The third-order valence-corrected chi connectivity index (χ3v) is 4.88. The van der Waals surface area contributed by atoms with E-state index in [1.54, 1.807) is 0 Å². The minimum atomic E-state index is 0.00175. The average molecular weight is 297 g/mol. The van der Waals surface area contributed by atoms with E-state index in [1.807, 2.05) is 6.92 Å². The Morgan fingerprint density at radius 1 is 1.19 bits per heavy atom. The lowest BCUT2D eigenvalue weighted by molar-refractivity contribution is -0.149. The number of rotatable bonds is 5. The highest BCUT2D eigenvalue weighted by Gasteiger charge is 2.30. The quantitative estimate of drug-likeness (QED) is 0.793. The van der Waals surface area contributed by atoms with Gasteiger partial charge < -0.3 is 14.8 Å². The van der Waals surface area contributed by atoms with Crippen molar-refractivity contribution in [2.45, 2.75) is 77.5 Å². The maximum absolute atomic E-state index is 11.8. The number of carbonyl (C=O) groups excluding carboxylic acids is 1. The van der Waals surface area contributed by atoms with Crippen LogP contribution < -0.4 is 5.32 Å². The summed E-state index contributed by atoms with van der Waals surface area (Å²) in [5.41, 5.74) is 0. The molecule has 0 aromatic heterocycles. The van der Waals surface area contributed by atoms with Gasteiger partial charge in [-0.05, 0) is 51.4 Å². The fraction of sp³-hybridized carbons (Fsp3) is 0.941. The van der Waals surface area contributed by atoms with E-state index in [1.165, 1.54) is 0 Å². The maximum Gasteiger partial charge on any atom is 0.308 e. The zero-order valence-corrected chi connectivity index (χ0v) is 13.8. The minimum absolute atomic E-state index is 0.00175. The van der Waals surface area contributed by atoms with Gasteiger partial charge in [0, 0.05) is 18.7 Å². The van der Waals surface area contributed by atoms with Crippen molar-refractivity contribution in [1.29, 1.82) is 0 Å². The molecule has 4 nitrogen and oxygen atoms in total. The molecule has 1 aliphatic carbocycles. The Hall–Kier alpha value is -0.610. The molecule has 0 spiro atoms. The standard InChI is InChI=1S/C17H31NO3/c1-4-20-17(19)13-5-7-14(8-6-13)18-15-9-10-21-16(11-15)12(2)3/h12-16,18H,4-11H2,1-3H3. The average Bonchev–Trinajstić information content (AvgIpc) is 2.48. The second-order valence-corrected chi connectivity index (χ2v) is 6.84. The molecule has 2 atom stereocenters.